The maximum absolute atomic E-state index is 11.6. The van der Waals surface area contributed by atoms with Crippen LogP contribution in [0.5, 0.6) is 6.01 Å². The minimum absolute atomic E-state index is 0.0909. The molecule has 0 fully saturated rings. The van der Waals surface area contributed by atoms with E-state index < -0.39 is 0 Å². The molecule has 118 valence electrons. The summed E-state index contributed by atoms with van der Waals surface area (Å²) in [4.78, 5) is 26.2. The van der Waals surface area contributed by atoms with Crippen LogP contribution in [0, 0.1) is 0 Å². The van der Waals surface area contributed by atoms with Gasteiger partial charge in [-0.05, 0) is 20.3 Å². The molecule has 2 N–H and O–H groups in total. The Labute approximate surface area is 125 Å². The number of ether oxygens (including phenoxy) is 1. The second kappa shape index (κ2) is 8.93. The molecule has 0 spiro atoms. The van der Waals surface area contributed by atoms with E-state index in [1.807, 2.05) is 25.7 Å². The predicted molar refractivity (Wildman–Crippen MR) is 81.7 cm³/mol. The van der Waals surface area contributed by atoms with Gasteiger partial charge in [0.25, 0.3) is 0 Å². The van der Waals surface area contributed by atoms with Crippen LogP contribution < -0.4 is 20.3 Å². The van der Waals surface area contributed by atoms with Crippen molar-refractivity contribution in [3.05, 3.63) is 0 Å². The van der Waals surface area contributed by atoms with Crippen molar-refractivity contribution in [2.45, 2.75) is 27.2 Å². The molecule has 1 rings (SSSR count). The van der Waals surface area contributed by atoms with E-state index in [4.69, 9.17) is 4.74 Å². The summed E-state index contributed by atoms with van der Waals surface area (Å²) in [5, 5.41) is 5.65. The Morgan fingerprint density at radius 2 is 2.00 bits per heavy atom. The molecule has 1 aromatic rings. The highest BCUT2D eigenvalue weighted by Crippen LogP contribution is 2.15. The summed E-state index contributed by atoms with van der Waals surface area (Å²) in [6.45, 7) is 7.89. The number of hydrogen-bond acceptors (Lipinski definition) is 7. The smallest absolute Gasteiger partial charge is 0.323 e. The van der Waals surface area contributed by atoms with Crippen molar-refractivity contribution < 1.29 is 9.53 Å². The van der Waals surface area contributed by atoms with E-state index in [1.165, 1.54) is 0 Å². The Hall–Kier alpha value is -2.12. The van der Waals surface area contributed by atoms with Crippen LogP contribution in [0.1, 0.15) is 27.2 Å². The van der Waals surface area contributed by atoms with Gasteiger partial charge in [-0.2, -0.15) is 15.0 Å². The lowest BCUT2D eigenvalue weighted by Crippen LogP contribution is -2.37. The molecule has 8 nitrogen and oxygen atoms in total. The van der Waals surface area contributed by atoms with Gasteiger partial charge in [0.15, 0.2) is 0 Å². The molecule has 0 aliphatic rings. The molecule has 1 aromatic heterocycles. The van der Waals surface area contributed by atoms with Gasteiger partial charge in [0, 0.05) is 20.1 Å². The van der Waals surface area contributed by atoms with Crippen LogP contribution in [-0.4, -0.2) is 54.1 Å². The maximum Gasteiger partial charge on any atom is 0.323 e. The SMILES string of the molecule is CCCN(CC(=O)NC)c1nc(NCC)nc(OCC)n1. The van der Waals surface area contributed by atoms with Gasteiger partial charge in [0.1, 0.15) is 0 Å². The molecule has 0 saturated heterocycles. The van der Waals surface area contributed by atoms with Crippen molar-refractivity contribution in [2.75, 3.05) is 43.5 Å². The lowest BCUT2D eigenvalue weighted by atomic mass is 10.4. The molecular weight excluding hydrogens is 272 g/mol. The summed E-state index contributed by atoms with van der Waals surface area (Å²) in [6.07, 6.45) is 0.878. The summed E-state index contributed by atoms with van der Waals surface area (Å²) in [6, 6.07) is 0.261. The zero-order valence-corrected chi connectivity index (χ0v) is 13.1. The van der Waals surface area contributed by atoms with Crippen LogP contribution in [0.4, 0.5) is 11.9 Å². The standard InChI is InChI=1S/C13H24N6O2/c1-5-8-19(9-10(20)14-4)12-16-11(15-6-2)17-13(18-12)21-7-3/h5-9H2,1-4H3,(H,14,20)(H,15,16,17,18). The Morgan fingerprint density at radius 3 is 2.57 bits per heavy atom. The molecule has 0 atom stereocenters. The van der Waals surface area contributed by atoms with Crippen LogP contribution in [0.3, 0.4) is 0 Å². The third-order valence-electron chi connectivity index (χ3n) is 2.60. The Morgan fingerprint density at radius 1 is 1.24 bits per heavy atom. The third-order valence-corrected chi connectivity index (χ3v) is 2.60. The zero-order chi connectivity index (χ0) is 15.7. The number of carbonyl (C=O) groups excluding carboxylic acids is 1. The molecule has 0 bridgehead atoms. The number of nitrogens with zero attached hydrogens (tertiary/aromatic N) is 4. The highest BCUT2D eigenvalue weighted by atomic mass is 16.5. The van der Waals surface area contributed by atoms with Crippen molar-refractivity contribution >= 4 is 17.8 Å². The third kappa shape index (κ3) is 5.41. The molecule has 1 heterocycles. The molecule has 0 aliphatic heterocycles. The van der Waals surface area contributed by atoms with Gasteiger partial charge in [-0.15, -0.1) is 0 Å². The number of nitrogens with one attached hydrogen (secondary N) is 2. The van der Waals surface area contributed by atoms with Crippen molar-refractivity contribution in [1.82, 2.24) is 20.3 Å². The maximum atomic E-state index is 11.6. The Kier molecular flexibility index (Phi) is 7.20. The predicted octanol–water partition coefficient (Wildman–Crippen LogP) is 0.664. The van der Waals surface area contributed by atoms with Crippen LogP contribution in [0.2, 0.25) is 0 Å². The fourth-order valence-electron chi connectivity index (χ4n) is 1.69. The van der Waals surface area contributed by atoms with Gasteiger partial charge in [0.05, 0.1) is 13.2 Å². The average Bonchev–Trinajstić information content (AvgIpc) is 2.47. The largest absolute Gasteiger partial charge is 0.464 e. The van der Waals surface area contributed by atoms with Gasteiger partial charge in [-0.1, -0.05) is 6.92 Å². The van der Waals surface area contributed by atoms with Gasteiger partial charge < -0.3 is 20.3 Å². The first-order valence-electron chi connectivity index (χ1n) is 7.22. The van der Waals surface area contributed by atoms with Crippen molar-refractivity contribution in [3.63, 3.8) is 0 Å². The van der Waals surface area contributed by atoms with E-state index in [9.17, 15) is 4.79 Å². The normalized spacial score (nSPS) is 10.1. The average molecular weight is 296 g/mol. The second-order valence-electron chi connectivity index (χ2n) is 4.30. The van der Waals surface area contributed by atoms with Crippen LogP contribution in [-0.2, 0) is 4.79 Å². The van der Waals surface area contributed by atoms with E-state index in [0.717, 1.165) is 6.42 Å². The zero-order valence-electron chi connectivity index (χ0n) is 13.1. The molecule has 0 aliphatic carbocycles. The summed E-state index contributed by atoms with van der Waals surface area (Å²) < 4.78 is 5.36. The number of anilines is 2. The second-order valence-corrected chi connectivity index (χ2v) is 4.30. The molecule has 0 unspecified atom stereocenters. The molecule has 21 heavy (non-hydrogen) atoms. The van der Waals surface area contributed by atoms with Crippen molar-refractivity contribution in [2.24, 2.45) is 0 Å². The fraction of sp³-hybridized carbons (Fsp3) is 0.692. The number of aromatic nitrogens is 3. The number of rotatable bonds is 9. The quantitative estimate of drug-likeness (QED) is 0.691. The topological polar surface area (TPSA) is 92.3 Å². The minimum Gasteiger partial charge on any atom is -0.464 e. The van der Waals surface area contributed by atoms with E-state index in [2.05, 4.69) is 25.6 Å². The Bertz CT molecular complexity index is 430. The summed E-state index contributed by atoms with van der Waals surface area (Å²) in [5.41, 5.74) is 0. The molecule has 0 radical (unpaired) electrons. The fourth-order valence-corrected chi connectivity index (χ4v) is 1.69. The Balaban J connectivity index is 3.05. The van der Waals surface area contributed by atoms with Gasteiger partial charge in [-0.3, -0.25) is 4.79 Å². The summed E-state index contributed by atoms with van der Waals surface area (Å²) in [7, 11) is 1.61. The first-order chi connectivity index (χ1) is 10.1. The number of amides is 1. The minimum atomic E-state index is -0.0909. The van der Waals surface area contributed by atoms with E-state index >= 15 is 0 Å². The first kappa shape index (κ1) is 16.9. The monoisotopic (exact) mass is 296 g/mol. The highest BCUT2D eigenvalue weighted by Gasteiger charge is 2.16. The van der Waals surface area contributed by atoms with Crippen LogP contribution in [0.25, 0.3) is 0 Å². The summed E-state index contributed by atoms with van der Waals surface area (Å²) >= 11 is 0. The van der Waals surface area contributed by atoms with Crippen LogP contribution in [0.15, 0.2) is 0 Å². The molecule has 1 amide bonds. The molecular formula is C13H24N6O2. The lowest BCUT2D eigenvalue weighted by Gasteiger charge is -2.21. The van der Waals surface area contributed by atoms with Gasteiger partial charge in [0.2, 0.25) is 17.8 Å². The summed E-state index contributed by atoms with van der Waals surface area (Å²) in [5.74, 6) is 0.797. The number of hydrogen-bond donors (Lipinski definition) is 2. The number of carbonyl (C=O) groups is 1. The van der Waals surface area contributed by atoms with Gasteiger partial charge in [-0.25, -0.2) is 0 Å². The first-order valence-corrected chi connectivity index (χ1v) is 7.22. The van der Waals surface area contributed by atoms with Crippen molar-refractivity contribution in [1.29, 1.82) is 0 Å². The molecule has 0 saturated carbocycles. The lowest BCUT2D eigenvalue weighted by molar-refractivity contribution is -0.119. The van der Waals surface area contributed by atoms with Crippen molar-refractivity contribution in [3.8, 4) is 6.01 Å². The van der Waals surface area contributed by atoms with E-state index in [-0.39, 0.29) is 18.5 Å². The van der Waals surface area contributed by atoms with Gasteiger partial charge >= 0.3 is 6.01 Å². The molecule has 0 aromatic carbocycles. The van der Waals surface area contributed by atoms with E-state index in [1.54, 1.807) is 7.05 Å². The van der Waals surface area contributed by atoms with Crippen LogP contribution >= 0.6 is 0 Å². The highest BCUT2D eigenvalue weighted by molar-refractivity contribution is 5.80. The number of likely N-dealkylation sites (N-methyl/N-ethyl adjacent to an activating group) is 1. The molecule has 8 heteroatoms. The van der Waals surface area contributed by atoms with E-state index in [0.29, 0.717) is 31.6 Å².